The van der Waals surface area contributed by atoms with Gasteiger partial charge in [0.1, 0.15) is 6.04 Å². The van der Waals surface area contributed by atoms with Crippen LogP contribution in [0, 0.1) is 0 Å². The first-order chi connectivity index (χ1) is 10.3. The van der Waals surface area contributed by atoms with Gasteiger partial charge in [0.2, 0.25) is 11.8 Å². The summed E-state index contributed by atoms with van der Waals surface area (Å²) in [4.78, 5) is 45.4. The lowest BCUT2D eigenvalue weighted by Crippen LogP contribution is -2.41. The molecule has 1 atom stereocenters. The maximum Gasteiger partial charge on any atom is 0.319 e. The van der Waals surface area contributed by atoms with Gasteiger partial charge in [-0.05, 0) is 25.1 Å². The number of anilines is 1. The summed E-state index contributed by atoms with van der Waals surface area (Å²) < 4.78 is 0. The molecule has 0 spiro atoms. The summed E-state index contributed by atoms with van der Waals surface area (Å²) in [7, 11) is 0. The molecule has 0 saturated heterocycles. The van der Waals surface area contributed by atoms with E-state index in [1.54, 1.807) is 26.0 Å². The van der Waals surface area contributed by atoms with E-state index in [0.29, 0.717) is 5.69 Å². The van der Waals surface area contributed by atoms with Gasteiger partial charge in [-0.1, -0.05) is 13.0 Å². The second-order valence-electron chi connectivity index (χ2n) is 4.53. The van der Waals surface area contributed by atoms with Gasteiger partial charge in [-0.3, -0.25) is 19.7 Å². The van der Waals surface area contributed by atoms with Crippen LogP contribution in [0.1, 0.15) is 30.6 Å². The van der Waals surface area contributed by atoms with Gasteiger partial charge in [-0.25, -0.2) is 4.79 Å². The van der Waals surface area contributed by atoms with E-state index in [0.717, 1.165) is 0 Å². The number of urea groups is 1. The predicted octanol–water partition coefficient (Wildman–Crippen LogP) is 0.348. The van der Waals surface area contributed by atoms with Gasteiger partial charge in [0.05, 0.1) is 0 Å². The van der Waals surface area contributed by atoms with E-state index < -0.39 is 23.9 Å². The lowest BCUT2D eigenvalue weighted by molar-refractivity contribution is -0.125. The molecule has 0 radical (unpaired) electrons. The molecule has 22 heavy (non-hydrogen) atoms. The molecule has 1 aromatic carbocycles. The minimum Gasteiger partial charge on any atom is -0.351 e. The fourth-order valence-electron chi connectivity index (χ4n) is 1.58. The predicted molar refractivity (Wildman–Crippen MR) is 80.0 cm³/mol. The third-order valence-electron chi connectivity index (χ3n) is 2.72. The standard InChI is InChI=1S/C14H18N4O4/c1-3-11(19)16-8(2)12(20)17-10-6-4-5-9(7-10)13(21)18-14(15)22/h4-8H,3H2,1-2H3,(H,16,19)(H,17,20)(H3,15,18,21,22). The molecule has 0 aliphatic carbocycles. The summed E-state index contributed by atoms with van der Waals surface area (Å²) in [5.41, 5.74) is 5.40. The van der Waals surface area contributed by atoms with E-state index in [1.807, 2.05) is 5.32 Å². The van der Waals surface area contributed by atoms with Gasteiger partial charge in [0.15, 0.2) is 0 Å². The van der Waals surface area contributed by atoms with Crippen LogP contribution in [0.5, 0.6) is 0 Å². The maximum absolute atomic E-state index is 11.9. The summed E-state index contributed by atoms with van der Waals surface area (Å²) in [6.45, 7) is 3.23. The van der Waals surface area contributed by atoms with Gasteiger partial charge in [-0.15, -0.1) is 0 Å². The van der Waals surface area contributed by atoms with E-state index in [1.165, 1.54) is 12.1 Å². The van der Waals surface area contributed by atoms with Crippen molar-refractivity contribution < 1.29 is 19.2 Å². The number of nitrogens with two attached hydrogens (primary N) is 1. The first kappa shape index (κ1) is 17.2. The average molecular weight is 306 g/mol. The molecule has 1 rings (SSSR count). The van der Waals surface area contributed by atoms with E-state index >= 15 is 0 Å². The number of hydrogen-bond donors (Lipinski definition) is 4. The highest BCUT2D eigenvalue weighted by atomic mass is 16.2. The lowest BCUT2D eigenvalue weighted by atomic mass is 10.2. The first-order valence-electron chi connectivity index (χ1n) is 6.64. The van der Waals surface area contributed by atoms with Gasteiger partial charge in [-0.2, -0.15) is 0 Å². The zero-order valence-electron chi connectivity index (χ0n) is 12.3. The lowest BCUT2D eigenvalue weighted by Gasteiger charge is -2.14. The first-order valence-corrected chi connectivity index (χ1v) is 6.64. The summed E-state index contributed by atoms with van der Waals surface area (Å²) >= 11 is 0. The number of carbonyl (C=O) groups excluding carboxylic acids is 4. The highest BCUT2D eigenvalue weighted by Crippen LogP contribution is 2.11. The number of benzene rings is 1. The molecule has 0 fully saturated rings. The van der Waals surface area contributed by atoms with Crippen molar-refractivity contribution in [3.63, 3.8) is 0 Å². The van der Waals surface area contributed by atoms with E-state index in [9.17, 15) is 19.2 Å². The number of imide groups is 1. The van der Waals surface area contributed by atoms with E-state index in [2.05, 4.69) is 10.6 Å². The van der Waals surface area contributed by atoms with Crippen molar-refractivity contribution in [1.29, 1.82) is 0 Å². The number of nitrogens with one attached hydrogen (secondary N) is 3. The zero-order valence-corrected chi connectivity index (χ0v) is 12.3. The normalized spacial score (nSPS) is 11.2. The van der Waals surface area contributed by atoms with Crippen LogP contribution in [0.25, 0.3) is 0 Å². The van der Waals surface area contributed by atoms with Crippen molar-refractivity contribution in [1.82, 2.24) is 10.6 Å². The Labute approximate surface area is 127 Å². The van der Waals surface area contributed by atoms with Gasteiger partial charge in [0.25, 0.3) is 5.91 Å². The van der Waals surface area contributed by atoms with Gasteiger partial charge >= 0.3 is 6.03 Å². The molecular formula is C14H18N4O4. The van der Waals surface area contributed by atoms with Crippen LogP contribution in [0.3, 0.4) is 0 Å². The highest BCUT2D eigenvalue weighted by Gasteiger charge is 2.15. The Morgan fingerprint density at radius 2 is 1.91 bits per heavy atom. The molecule has 1 aromatic rings. The van der Waals surface area contributed by atoms with E-state index in [4.69, 9.17) is 5.73 Å². The van der Waals surface area contributed by atoms with Crippen molar-refractivity contribution in [3.05, 3.63) is 29.8 Å². The van der Waals surface area contributed by atoms with Crippen LogP contribution in [0.4, 0.5) is 10.5 Å². The molecule has 0 saturated carbocycles. The summed E-state index contributed by atoms with van der Waals surface area (Å²) in [6.07, 6.45) is 0.278. The third kappa shape index (κ3) is 5.23. The summed E-state index contributed by atoms with van der Waals surface area (Å²) in [5, 5.41) is 7.02. The van der Waals surface area contributed by atoms with Crippen LogP contribution >= 0.6 is 0 Å². The molecule has 0 aliphatic rings. The fraction of sp³-hybridized carbons (Fsp3) is 0.286. The van der Waals surface area contributed by atoms with Crippen molar-refractivity contribution in [2.45, 2.75) is 26.3 Å². The summed E-state index contributed by atoms with van der Waals surface area (Å²) in [6, 6.07) is 4.31. The van der Waals surface area contributed by atoms with Crippen LogP contribution in [0.15, 0.2) is 24.3 Å². The Morgan fingerprint density at radius 3 is 2.50 bits per heavy atom. The number of hydrogen-bond acceptors (Lipinski definition) is 4. The Kier molecular flexibility index (Phi) is 6.06. The molecule has 8 heteroatoms. The molecule has 118 valence electrons. The molecule has 0 heterocycles. The Bertz CT molecular complexity index is 600. The van der Waals surface area contributed by atoms with Crippen LogP contribution in [-0.2, 0) is 9.59 Å². The summed E-state index contributed by atoms with van der Waals surface area (Å²) in [5.74, 6) is -1.33. The fourth-order valence-corrected chi connectivity index (χ4v) is 1.58. The Morgan fingerprint density at radius 1 is 1.23 bits per heavy atom. The monoisotopic (exact) mass is 306 g/mol. The molecule has 5 N–H and O–H groups in total. The molecule has 5 amide bonds. The number of amides is 5. The molecule has 1 unspecified atom stereocenters. The third-order valence-corrected chi connectivity index (χ3v) is 2.72. The molecular weight excluding hydrogens is 288 g/mol. The van der Waals surface area contributed by atoms with Crippen LogP contribution in [-0.4, -0.2) is 29.8 Å². The number of rotatable bonds is 5. The zero-order chi connectivity index (χ0) is 16.7. The smallest absolute Gasteiger partial charge is 0.319 e. The SMILES string of the molecule is CCC(=O)NC(C)C(=O)Nc1cccc(C(=O)NC(N)=O)c1. The Hall–Kier alpha value is -2.90. The highest BCUT2D eigenvalue weighted by molar-refractivity contribution is 6.05. The van der Waals surface area contributed by atoms with Crippen molar-refractivity contribution in [3.8, 4) is 0 Å². The quantitative estimate of drug-likeness (QED) is 0.625. The molecule has 0 aromatic heterocycles. The largest absolute Gasteiger partial charge is 0.351 e. The second kappa shape index (κ2) is 7.77. The van der Waals surface area contributed by atoms with Crippen LogP contribution < -0.4 is 21.7 Å². The Balaban J connectivity index is 2.74. The van der Waals surface area contributed by atoms with Crippen molar-refractivity contribution in [2.24, 2.45) is 5.73 Å². The van der Waals surface area contributed by atoms with Crippen LogP contribution in [0.2, 0.25) is 0 Å². The van der Waals surface area contributed by atoms with Crippen molar-refractivity contribution >= 4 is 29.4 Å². The number of primary amides is 1. The van der Waals surface area contributed by atoms with Gasteiger partial charge < -0.3 is 16.4 Å². The topological polar surface area (TPSA) is 130 Å². The second-order valence-corrected chi connectivity index (χ2v) is 4.53. The average Bonchev–Trinajstić information content (AvgIpc) is 2.46. The maximum atomic E-state index is 11.9. The minimum absolute atomic E-state index is 0.168. The van der Waals surface area contributed by atoms with E-state index in [-0.39, 0.29) is 17.9 Å². The minimum atomic E-state index is -0.963. The molecule has 0 aliphatic heterocycles. The van der Waals surface area contributed by atoms with Gasteiger partial charge in [0, 0.05) is 17.7 Å². The van der Waals surface area contributed by atoms with Crippen molar-refractivity contribution in [2.75, 3.05) is 5.32 Å². The number of carbonyl (C=O) groups is 4. The molecule has 0 bridgehead atoms. The molecule has 8 nitrogen and oxygen atoms in total.